The van der Waals surface area contributed by atoms with E-state index >= 15 is 0 Å². The summed E-state index contributed by atoms with van der Waals surface area (Å²) >= 11 is 13.9. The average Bonchev–Trinajstić information content (AvgIpc) is 3.18. The molecule has 2 aromatic carbocycles. The van der Waals surface area contributed by atoms with E-state index in [4.69, 9.17) is 37.7 Å². The highest BCUT2D eigenvalue weighted by Crippen LogP contribution is 2.36. The van der Waals surface area contributed by atoms with Crippen LogP contribution in [0.1, 0.15) is 35.8 Å². The normalized spacial score (nSPS) is 13.2. The Morgan fingerprint density at radius 1 is 1.06 bits per heavy atom. The lowest BCUT2D eigenvalue weighted by molar-refractivity contribution is 0.269. The lowest BCUT2D eigenvalue weighted by Gasteiger charge is -2.14. The highest BCUT2D eigenvalue weighted by atomic mass is 35.5. The summed E-state index contributed by atoms with van der Waals surface area (Å²) in [7, 11) is 0. The second kappa shape index (κ2) is 9.37. The standard InChI is InChI=1S/C25H22Cl2N2O3S/c1-2-31-20-11-14(8-10-19(20)32-13-15-7-9-16(26)12-18(15)27)23-28-24(30)22-17-5-3-4-6-21(17)33-25(22)29-23/h7-12H,2-6,13H2,1H3,(H,28,29,30). The van der Waals surface area contributed by atoms with Gasteiger partial charge in [-0.1, -0.05) is 29.3 Å². The minimum absolute atomic E-state index is 0.0786. The van der Waals surface area contributed by atoms with Crippen molar-refractivity contribution in [1.82, 2.24) is 9.97 Å². The topological polar surface area (TPSA) is 64.2 Å². The van der Waals surface area contributed by atoms with Gasteiger partial charge in [-0.2, -0.15) is 0 Å². The van der Waals surface area contributed by atoms with Gasteiger partial charge >= 0.3 is 0 Å². The number of ether oxygens (including phenoxy) is 2. The molecular formula is C25H22Cl2N2O3S. The number of aromatic amines is 1. The van der Waals surface area contributed by atoms with Crippen molar-refractivity contribution in [1.29, 1.82) is 0 Å². The van der Waals surface area contributed by atoms with Crippen LogP contribution in [0.2, 0.25) is 10.0 Å². The monoisotopic (exact) mass is 500 g/mol. The molecule has 0 fully saturated rings. The summed E-state index contributed by atoms with van der Waals surface area (Å²) in [5.74, 6) is 1.69. The molecule has 5 nitrogen and oxygen atoms in total. The molecule has 4 aromatic rings. The second-order valence-electron chi connectivity index (χ2n) is 7.92. The van der Waals surface area contributed by atoms with Gasteiger partial charge in [0.1, 0.15) is 17.3 Å². The molecule has 1 N–H and O–H groups in total. The van der Waals surface area contributed by atoms with Crippen LogP contribution in [-0.2, 0) is 19.4 Å². The summed E-state index contributed by atoms with van der Waals surface area (Å²) in [5.41, 5.74) is 2.69. The fourth-order valence-corrected chi connectivity index (χ4v) is 5.86. The van der Waals surface area contributed by atoms with Crippen LogP contribution in [-0.4, -0.2) is 16.6 Å². The van der Waals surface area contributed by atoms with Gasteiger partial charge in [0.15, 0.2) is 11.5 Å². The molecule has 170 valence electrons. The van der Waals surface area contributed by atoms with Crippen LogP contribution in [0, 0.1) is 0 Å². The number of aryl methyl sites for hydroxylation is 2. The number of nitrogens with one attached hydrogen (secondary N) is 1. The SMILES string of the molecule is CCOc1cc(-c2nc3sc4c(c3c(=O)[nH]2)CCCC4)ccc1OCc1ccc(Cl)cc1Cl. The van der Waals surface area contributed by atoms with Crippen LogP contribution in [0.5, 0.6) is 11.5 Å². The molecule has 1 aliphatic rings. The molecule has 0 saturated heterocycles. The minimum atomic E-state index is -0.0786. The third kappa shape index (κ3) is 4.47. The largest absolute Gasteiger partial charge is 0.490 e. The first-order valence-corrected chi connectivity index (χ1v) is 12.5. The zero-order valence-corrected chi connectivity index (χ0v) is 20.4. The van der Waals surface area contributed by atoms with Gasteiger partial charge < -0.3 is 14.5 Å². The fourth-order valence-electron chi connectivity index (χ4n) is 4.14. The predicted molar refractivity (Wildman–Crippen MR) is 134 cm³/mol. The summed E-state index contributed by atoms with van der Waals surface area (Å²) in [6, 6.07) is 10.9. The lowest BCUT2D eigenvalue weighted by atomic mass is 9.97. The van der Waals surface area contributed by atoms with Gasteiger partial charge in [-0.25, -0.2) is 4.98 Å². The lowest BCUT2D eigenvalue weighted by Crippen LogP contribution is -2.11. The second-order valence-corrected chi connectivity index (χ2v) is 9.85. The first kappa shape index (κ1) is 22.3. The van der Waals surface area contributed by atoms with Crippen LogP contribution >= 0.6 is 34.5 Å². The Labute approximate surface area is 205 Å². The molecule has 1 aliphatic carbocycles. The van der Waals surface area contributed by atoms with Crippen LogP contribution in [0.25, 0.3) is 21.6 Å². The number of hydrogen-bond donors (Lipinski definition) is 1. The van der Waals surface area contributed by atoms with Gasteiger partial charge in [0.25, 0.3) is 5.56 Å². The molecule has 0 spiro atoms. The number of halogens is 2. The summed E-state index contributed by atoms with van der Waals surface area (Å²) in [6.07, 6.45) is 4.28. The van der Waals surface area contributed by atoms with Crippen molar-refractivity contribution in [3.05, 3.63) is 72.8 Å². The molecule has 0 saturated carbocycles. The molecule has 2 aromatic heterocycles. The van der Waals surface area contributed by atoms with Crippen molar-refractivity contribution in [3.8, 4) is 22.9 Å². The van der Waals surface area contributed by atoms with Crippen LogP contribution in [0.3, 0.4) is 0 Å². The molecule has 0 bridgehead atoms. The van der Waals surface area contributed by atoms with E-state index in [2.05, 4.69) is 4.98 Å². The number of aromatic nitrogens is 2. The zero-order valence-electron chi connectivity index (χ0n) is 18.0. The third-order valence-corrected chi connectivity index (χ3v) is 7.51. The molecule has 0 unspecified atom stereocenters. The summed E-state index contributed by atoms with van der Waals surface area (Å²) in [5, 5.41) is 1.88. The molecule has 0 radical (unpaired) electrons. The highest BCUT2D eigenvalue weighted by molar-refractivity contribution is 7.18. The maximum absolute atomic E-state index is 12.9. The number of hydrogen-bond acceptors (Lipinski definition) is 5. The number of H-pyrrole nitrogens is 1. The molecule has 5 rings (SSSR count). The maximum Gasteiger partial charge on any atom is 0.260 e. The van der Waals surface area contributed by atoms with Gasteiger partial charge in [0.05, 0.1) is 12.0 Å². The van der Waals surface area contributed by atoms with Gasteiger partial charge in [-0.05, 0) is 68.5 Å². The molecule has 0 aliphatic heterocycles. The minimum Gasteiger partial charge on any atom is -0.490 e. The smallest absolute Gasteiger partial charge is 0.260 e. The Morgan fingerprint density at radius 3 is 2.73 bits per heavy atom. The van der Waals surface area contributed by atoms with Gasteiger partial charge in [0, 0.05) is 26.0 Å². The first-order chi connectivity index (χ1) is 16.0. The molecule has 33 heavy (non-hydrogen) atoms. The molecule has 2 heterocycles. The summed E-state index contributed by atoms with van der Waals surface area (Å²) in [6.45, 7) is 2.66. The maximum atomic E-state index is 12.9. The Kier molecular flexibility index (Phi) is 6.32. The van der Waals surface area contributed by atoms with Gasteiger partial charge in [-0.15, -0.1) is 11.3 Å². The average molecular weight is 501 g/mol. The fraction of sp³-hybridized carbons (Fsp3) is 0.280. The van der Waals surface area contributed by atoms with Gasteiger partial charge in [-0.3, -0.25) is 4.79 Å². The van der Waals surface area contributed by atoms with E-state index in [-0.39, 0.29) is 12.2 Å². The highest BCUT2D eigenvalue weighted by Gasteiger charge is 2.20. The van der Waals surface area contributed by atoms with Crippen molar-refractivity contribution in [2.24, 2.45) is 0 Å². The number of nitrogens with zero attached hydrogens (tertiary/aromatic N) is 1. The molecule has 8 heteroatoms. The van der Waals surface area contributed by atoms with Crippen LogP contribution < -0.4 is 15.0 Å². The molecular weight excluding hydrogens is 479 g/mol. The third-order valence-electron chi connectivity index (χ3n) is 5.74. The predicted octanol–water partition coefficient (Wildman–Crippen LogP) is 6.81. The Hall–Kier alpha value is -2.54. The number of thiophene rings is 1. The molecule has 0 atom stereocenters. The van der Waals surface area contributed by atoms with E-state index in [0.717, 1.165) is 40.6 Å². The quantitative estimate of drug-likeness (QED) is 0.315. The van der Waals surface area contributed by atoms with Gasteiger partial charge in [0.2, 0.25) is 0 Å². The van der Waals surface area contributed by atoms with Crippen molar-refractivity contribution in [2.75, 3.05) is 6.61 Å². The number of rotatable bonds is 6. The van der Waals surface area contributed by atoms with E-state index in [1.54, 1.807) is 23.5 Å². The van der Waals surface area contributed by atoms with Crippen molar-refractivity contribution >= 4 is 44.8 Å². The van der Waals surface area contributed by atoms with Crippen LogP contribution in [0.15, 0.2) is 41.2 Å². The Bertz CT molecular complexity index is 1400. The summed E-state index contributed by atoms with van der Waals surface area (Å²) < 4.78 is 11.8. The van der Waals surface area contributed by atoms with Crippen molar-refractivity contribution in [2.45, 2.75) is 39.2 Å². The zero-order chi connectivity index (χ0) is 22.9. The number of fused-ring (bicyclic) bond motifs is 3. The van der Waals surface area contributed by atoms with Crippen molar-refractivity contribution in [3.63, 3.8) is 0 Å². The van der Waals surface area contributed by atoms with E-state index in [1.165, 1.54) is 16.9 Å². The van der Waals surface area contributed by atoms with E-state index < -0.39 is 0 Å². The Morgan fingerprint density at radius 2 is 1.91 bits per heavy atom. The molecule has 0 amide bonds. The van der Waals surface area contributed by atoms with E-state index in [0.29, 0.717) is 34.0 Å². The number of benzene rings is 2. The Balaban J connectivity index is 1.47. The van der Waals surface area contributed by atoms with Crippen molar-refractivity contribution < 1.29 is 9.47 Å². The van der Waals surface area contributed by atoms with Crippen LogP contribution in [0.4, 0.5) is 0 Å². The van der Waals surface area contributed by atoms with E-state index in [1.807, 2.05) is 31.2 Å². The summed E-state index contributed by atoms with van der Waals surface area (Å²) in [4.78, 5) is 22.8. The first-order valence-electron chi connectivity index (χ1n) is 10.9. The van der Waals surface area contributed by atoms with E-state index in [9.17, 15) is 4.79 Å².